The predicted molar refractivity (Wildman–Crippen MR) is 63.4 cm³/mol. The molecule has 1 aliphatic rings. The Balaban J connectivity index is 2.49. The van der Waals surface area contributed by atoms with Gasteiger partial charge in [-0.2, -0.15) is 18.3 Å². The van der Waals surface area contributed by atoms with E-state index in [1.165, 1.54) is 0 Å². The molecule has 1 aliphatic carbocycles. The van der Waals surface area contributed by atoms with Crippen molar-refractivity contribution in [1.82, 2.24) is 9.78 Å². The van der Waals surface area contributed by atoms with E-state index in [-0.39, 0.29) is 0 Å². The number of aromatic nitrogens is 2. The third kappa shape index (κ3) is 2.54. The lowest BCUT2D eigenvalue weighted by molar-refractivity contribution is -0.142. The SMILES string of the molecule is Cc1c(C(C)(C)C)c(C(F)(F)F)nn1CC1CC1. The van der Waals surface area contributed by atoms with Crippen LogP contribution in [0.2, 0.25) is 0 Å². The summed E-state index contributed by atoms with van der Waals surface area (Å²) in [4.78, 5) is 0. The Kier molecular flexibility index (Phi) is 2.98. The van der Waals surface area contributed by atoms with Crippen LogP contribution in [0.3, 0.4) is 0 Å². The first-order chi connectivity index (χ1) is 8.10. The topological polar surface area (TPSA) is 17.8 Å². The standard InChI is InChI=1S/C13H19F3N2/c1-8-10(12(2,3)4)11(13(14,15)16)17-18(8)7-9-5-6-9/h9H,5-7H2,1-4H3. The van der Waals surface area contributed by atoms with Gasteiger partial charge in [0.25, 0.3) is 0 Å². The van der Waals surface area contributed by atoms with Crippen molar-refractivity contribution in [2.75, 3.05) is 0 Å². The molecule has 0 aromatic carbocycles. The van der Waals surface area contributed by atoms with E-state index in [9.17, 15) is 13.2 Å². The third-order valence-electron chi connectivity index (χ3n) is 3.35. The van der Waals surface area contributed by atoms with Crippen molar-refractivity contribution in [2.24, 2.45) is 5.92 Å². The lowest BCUT2D eigenvalue weighted by Gasteiger charge is -2.21. The highest BCUT2D eigenvalue weighted by atomic mass is 19.4. The summed E-state index contributed by atoms with van der Waals surface area (Å²) >= 11 is 0. The van der Waals surface area contributed by atoms with Crippen molar-refractivity contribution in [3.8, 4) is 0 Å². The molecule has 5 heteroatoms. The van der Waals surface area contributed by atoms with Crippen LogP contribution >= 0.6 is 0 Å². The summed E-state index contributed by atoms with van der Waals surface area (Å²) in [6.45, 7) is 7.76. The maximum absolute atomic E-state index is 13.0. The molecule has 0 radical (unpaired) electrons. The first-order valence-electron chi connectivity index (χ1n) is 6.26. The van der Waals surface area contributed by atoms with Gasteiger partial charge in [0.2, 0.25) is 0 Å². The van der Waals surface area contributed by atoms with Gasteiger partial charge in [-0.3, -0.25) is 4.68 Å². The highest BCUT2D eigenvalue weighted by Gasteiger charge is 2.42. The molecule has 0 unspecified atom stereocenters. The van der Waals surface area contributed by atoms with Gasteiger partial charge < -0.3 is 0 Å². The second kappa shape index (κ2) is 4.00. The Hall–Kier alpha value is -1.00. The molecule has 1 fully saturated rings. The first kappa shape index (κ1) is 13.4. The maximum atomic E-state index is 13.0. The molecule has 0 aliphatic heterocycles. The van der Waals surface area contributed by atoms with E-state index in [1.807, 2.05) is 0 Å². The molecule has 2 rings (SSSR count). The van der Waals surface area contributed by atoms with Crippen LogP contribution in [-0.2, 0) is 18.1 Å². The molecule has 0 amide bonds. The Morgan fingerprint density at radius 2 is 1.78 bits per heavy atom. The zero-order valence-corrected chi connectivity index (χ0v) is 11.2. The van der Waals surface area contributed by atoms with Gasteiger partial charge in [0, 0.05) is 17.8 Å². The number of nitrogens with zero attached hydrogens (tertiary/aromatic N) is 2. The molecule has 1 aromatic heterocycles. The molecule has 2 nitrogen and oxygen atoms in total. The average Bonchev–Trinajstić information content (AvgIpc) is 2.88. The van der Waals surface area contributed by atoms with Crippen molar-refractivity contribution >= 4 is 0 Å². The molecule has 0 saturated heterocycles. The van der Waals surface area contributed by atoms with Gasteiger partial charge in [0.15, 0.2) is 5.69 Å². The van der Waals surface area contributed by atoms with Gasteiger partial charge in [0.1, 0.15) is 0 Å². The summed E-state index contributed by atoms with van der Waals surface area (Å²) in [5, 5.41) is 3.82. The van der Waals surface area contributed by atoms with Crippen LogP contribution in [-0.4, -0.2) is 9.78 Å². The first-order valence-corrected chi connectivity index (χ1v) is 6.26. The third-order valence-corrected chi connectivity index (χ3v) is 3.35. The molecule has 1 heterocycles. The zero-order chi connectivity index (χ0) is 13.7. The van der Waals surface area contributed by atoms with Crippen molar-refractivity contribution in [1.29, 1.82) is 0 Å². The van der Waals surface area contributed by atoms with E-state index in [2.05, 4.69) is 5.10 Å². The van der Waals surface area contributed by atoms with Crippen molar-refractivity contribution in [3.05, 3.63) is 17.0 Å². The Bertz CT molecular complexity index is 448. The van der Waals surface area contributed by atoms with Gasteiger partial charge in [-0.25, -0.2) is 0 Å². The van der Waals surface area contributed by atoms with Crippen molar-refractivity contribution in [3.63, 3.8) is 0 Å². The lowest BCUT2D eigenvalue weighted by atomic mass is 9.85. The number of alkyl halides is 3. The fourth-order valence-corrected chi connectivity index (χ4v) is 2.37. The molecular weight excluding hydrogens is 241 g/mol. The van der Waals surface area contributed by atoms with E-state index in [0.29, 0.717) is 23.7 Å². The van der Waals surface area contributed by atoms with Crippen LogP contribution in [0.15, 0.2) is 0 Å². The van der Waals surface area contributed by atoms with E-state index in [1.54, 1.807) is 32.4 Å². The fourth-order valence-electron chi connectivity index (χ4n) is 2.37. The minimum atomic E-state index is -4.37. The van der Waals surface area contributed by atoms with Crippen LogP contribution < -0.4 is 0 Å². The molecule has 1 aromatic rings. The maximum Gasteiger partial charge on any atom is 0.435 e. The van der Waals surface area contributed by atoms with Gasteiger partial charge in [0.05, 0.1) is 0 Å². The molecule has 0 atom stereocenters. The molecular formula is C13H19F3N2. The van der Waals surface area contributed by atoms with Crippen LogP contribution in [0, 0.1) is 12.8 Å². The minimum absolute atomic E-state index is 0.329. The highest BCUT2D eigenvalue weighted by molar-refractivity contribution is 5.34. The predicted octanol–water partition coefficient (Wildman–Crippen LogP) is 3.92. The number of hydrogen-bond donors (Lipinski definition) is 0. The molecule has 0 N–H and O–H groups in total. The van der Waals surface area contributed by atoms with E-state index < -0.39 is 17.3 Å². The number of rotatable bonds is 2. The molecule has 0 bridgehead atoms. The van der Waals surface area contributed by atoms with Gasteiger partial charge >= 0.3 is 6.18 Å². The quantitative estimate of drug-likeness (QED) is 0.788. The summed E-state index contributed by atoms with van der Waals surface area (Å²) < 4.78 is 40.7. The van der Waals surface area contributed by atoms with Crippen LogP contribution in [0.4, 0.5) is 13.2 Å². The van der Waals surface area contributed by atoms with Gasteiger partial charge in [-0.15, -0.1) is 0 Å². The lowest BCUT2D eigenvalue weighted by Crippen LogP contribution is -2.19. The second-order valence-corrected chi connectivity index (χ2v) is 6.18. The highest BCUT2D eigenvalue weighted by Crippen LogP contribution is 2.39. The normalized spacial score (nSPS) is 17.3. The van der Waals surface area contributed by atoms with E-state index in [4.69, 9.17) is 0 Å². The van der Waals surface area contributed by atoms with Crippen molar-refractivity contribution < 1.29 is 13.2 Å². The monoisotopic (exact) mass is 260 g/mol. The summed E-state index contributed by atoms with van der Waals surface area (Å²) in [6, 6.07) is 0. The number of hydrogen-bond acceptors (Lipinski definition) is 1. The summed E-state index contributed by atoms with van der Waals surface area (Å²) in [5.41, 5.74) is -0.276. The van der Waals surface area contributed by atoms with Crippen LogP contribution in [0.5, 0.6) is 0 Å². The van der Waals surface area contributed by atoms with Crippen LogP contribution in [0.1, 0.15) is 50.6 Å². The van der Waals surface area contributed by atoms with E-state index >= 15 is 0 Å². The van der Waals surface area contributed by atoms with Gasteiger partial charge in [-0.1, -0.05) is 20.8 Å². The minimum Gasteiger partial charge on any atom is -0.269 e. The summed E-state index contributed by atoms with van der Waals surface area (Å²) in [6.07, 6.45) is -2.17. The Labute approximate surface area is 105 Å². The second-order valence-electron chi connectivity index (χ2n) is 6.18. The van der Waals surface area contributed by atoms with Gasteiger partial charge in [-0.05, 0) is 31.1 Å². The summed E-state index contributed by atoms with van der Waals surface area (Å²) in [5.74, 6) is 0.512. The smallest absolute Gasteiger partial charge is 0.269 e. The summed E-state index contributed by atoms with van der Waals surface area (Å²) in [7, 11) is 0. The molecule has 18 heavy (non-hydrogen) atoms. The average molecular weight is 260 g/mol. The molecule has 0 spiro atoms. The number of halogens is 3. The Morgan fingerprint density at radius 1 is 1.22 bits per heavy atom. The Morgan fingerprint density at radius 3 is 2.11 bits per heavy atom. The molecule has 1 saturated carbocycles. The van der Waals surface area contributed by atoms with Crippen LogP contribution in [0.25, 0.3) is 0 Å². The zero-order valence-electron chi connectivity index (χ0n) is 11.2. The molecule has 102 valence electrons. The van der Waals surface area contributed by atoms with Crippen molar-refractivity contribution in [2.45, 2.75) is 58.7 Å². The fraction of sp³-hybridized carbons (Fsp3) is 0.769. The van der Waals surface area contributed by atoms with E-state index in [0.717, 1.165) is 12.8 Å². The largest absolute Gasteiger partial charge is 0.435 e.